The third-order valence-electron chi connectivity index (χ3n) is 12.2. The Morgan fingerprint density at radius 3 is 1.75 bits per heavy atom. The van der Waals surface area contributed by atoms with Crippen LogP contribution in [0.2, 0.25) is 0 Å². The lowest BCUT2D eigenvalue weighted by molar-refractivity contribution is 0.783. The van der Waals surface area contributed by atoms with E-state index in [0.717, 1.165) is 49.6 Å². The van der Waals surface area contributed by atoms with Crippen LogP contribution < -0.4 is 16.4 Å². The van der Waals surface area contributed by atoms with E-state index in [1.165, 1.54) is 104 Å². The zero-order valence-corrected chi connectivity index (χ0v) is 28.9. The first-order valence-electron chi connectivity index (χ1n) is 18.9. The molecule has 2 aliphatic rings. The van der Waals surface area contributed by atoms with Crippen molar-refractivity contribution >= 4 is 99.3 Å². The van der Waals surface area contributed by atoms with Crippen LogP contribution in [0.3, 0.4) is 0 Å². The molecule has 0 N–H and O–H groups in total. The van der Waals surface area contributed by atoms with Gasteiger partial charge in [0.25, 0.3) is 6.71 Å². The lowest BCUT2D eigenvalue weighted by atomic mass is 9.34. The Labute approximate surface area is 295 Å². The zero-order chi connectivity index (χ0) is 33.5. The van der Waals surface area contributed by atoms with E-state index in [9.17, 15) is 0 Å². The van der Waals surface area contributed by atoms with Gasteiger partial charge < -0.3 is 9.13 Å². The summed E-state index contributed by atoms with van der Waals surface area (Å²) in [6.45, 7) is 4.64. The first kappa shape index (κ1) is 28.1. The van der Waals surface area contributed by atoms with Gasteiger partial charge in [0.05, 0.1) is 39.1 Å². The summed E-state index contributed by atoms with van der Waals surface area (Å²) in [5, 5.41) is 10.4. The van der Waals surface area contributed by atoms with E-state index < -0.39 is 0 Å². The summed E-state index contributed by atoms with van der Waals surface area (Å²) in [6.07, 6.45) is 6.35. The van der Waals surface area contributed by atoms with Crippen LogP contribution in [0.4, 0.5) is 0 Å². The van der Waals surface area contributed by atoms with Gasteiger partial charge in [-0.1, -0.05) is 112 Å². The Bertz CT molecular complexity index is 3130. The summed E-state index contributed by atoms with van der Waals surface area (Å²) < 4.78 is 5.24. The molecular weight excluding hydrogens is 619 g/mol. The minimum absolute atomic E-state index is 0.0675. The van der Waals surface area contributed by atoms with E-state index in [4.69, 9.17) is 9.97 Å². The second-order valence-electron chi connectivity index (χ2n) is 14.9. The van der Waals surface area contributed by atoms with Gasteiger partial charge in [-0.25, -0.2) is 4.98 Å². The molecule has 0 spiro atoms. The summed E-state index contributed by atoms with van der Waals surface area (Å²) >= 11 is 0. The molecule has 51 heavy (non-hydrogen) atoms. The molecule has 6 heterocycles. The summed E-state index contributed by atoms with van der Waals surface area (Å²) in [5.74, 6) is 0. The van der Waals surface area contributed by atoms with Gasteiger partial charge in [0.2, 0.25) is 0 Å². The van der Waals surface area contributed by atoms with Crippen LogP contribution in [-0.2, 0) is 12.8 Å². The Balaban J connectivity index is 1.43. The molecule has 2 aliphatic heterocycles. The van der Waals surface area contributed by atoms with Crippen molar-refractivity contribution in [1.82, 2.24) is 19.1 Å². The van der Waals surface area contributed by atoms with E-state index in [-0.39, 0.29) is 6.71 Å². The fraction of sp³-hybridized carbons (Fsp3) is 0.174. The molecule has 0 unspecified atom stereocenters. The molecular formula is C46H35BN4. The van der Waals surface area contributed by atoms with Gasteiger partial charge in [-0.05, 0) is 60.3 Å². The Kier molecular flexibility index (Phi) is 5.49. The first-order chi connectivity index (χ1) is 25.3. The monoisotopic (exact) mass is 654 g/mol. The highest BCUT2D eigenvalue weighted by atomic mass is 15.1. The Morgan fingerprint density at radius 2 is 1.08 bits per heavy atom. The van der Waals surface area contributed by atoms with E-state index in [2.05, 4.69) is 126 Å². The Morgan fingerprint density at radius 1 is 0.510 bits per heavy atom. The summed E-state index contributed by atoms with van der Waals surface area (Å²) in [5.41, 5.74) is 16.5. The number of rotatable bonds is 6. The van der Waals surface area contributed by atoms with Gasteiger partial charge in [0.15, 0.2) is 0 Å². The van der Waals surface area contributed by atoms with Crippen LogP contribution in [0.25, 0.3) is 87.6 Å². The number of benzene rings is 6. The largest absolute Gasteiger partial charge is 0.309 e. The van der Waals surface area contributed by atoms with E-state index >= 15 is 0 Å². The van der Waals surface area contributed by atoms with Crippen molar-refractivity contribution in [2.24, 2.45) is 0 Å². The Hall–Kier alpha value is -5.68. The molecule has 0 aliphatic carbocycles. The van der Waals surface area contributed by atoms with E-state index in [1.54, 1.807) is 0 Å². The number of fused-ring (bicyclic) bond motifs is 12. The molecule has 10 aromatic rings. The van der Waals surface area contributed by atoms with Crippen molar-refractivity contribution in [2.45, 2.75) is 52.4 Å². The summed E-state index contributed by atoms with van der Waals surface area (Å²) in [7, 11) is 0. The molecule has 12 rings (SSSR count). The number of hydrogen-bond donors (Lipinski definition) is 0. The minimum Gasteiger partial charge on any atom is -0.309 e. The number of para-hydroxylation sites is 4. The fourth-order valence-electron chi connectivity index (χ4n) is 10.2. The van der Waals surface area contributed by atoms with Gasteiger partial charge in [-0.2, -0.15) is 0 Å². The molecule has 4 nitrogen and oxygen atoms in total. The maximum Gasteiger partial charge on any atom is 0.252 e. The lowest BCUT2D eigenvalue weighted by Gasteiger charge is -2.36. The van der Waals surface area contributed by atoms with Crippen LogP contribution >= 0.6 is 0 Å². The highest BCUT2D eigenvalue weighted by Crippen LogP contribution is 2.47. The number of aromatic nitrogens is 4. The van der Waals surface area contributed by atoms with Crippen LogP contribution in [0.15, 0.2) is 103 Å². The normalized spacial score (nSPS) is 13.3. The van der Waals surface area contributed by atoms with Crippen molar-refractivity contribution in [3.05, 3.63) is 115 Å². The molecule has 0 radical (unpaired) electrons. The molecule has 0 atom stereocenters. The van der Waals surface area contributed by atoms with Gasteiger partial charge in [-0.15, -0.1) is 0 Å². The molecule has 242 valence electrons. The minimum atomic E-state index is 0.0675. The van der Waals surface area contributed by atoms with Crippen LogP contribution in [0.1, 0.15) is 50.9 Å². The lowest BCUT2D eigenvalue weighted by Crippen LogP contribution is -2.59. The van der Waals surface area contributed by atoms with Crippen molar-refractivity contribution in [3.63, 3.8) is 0 Å². The van der Waals surface area contributed by atoms with Gasteiger partial charge in [-0.3, -0.25) is 4.98 Å². The molecule has 0 fully saturated rings. The topological polar surface area (TPSA) is 35.6 Å². The third-order valence-corrected chi connectivity index (χ3v) is 12.2. The molecule has 6 aromatic carbocycles. The van der Waals surface area contributed by atoms with Crippen LogP contribution in [0.5, 0.6) is 0 Å². The zero-order valence-electron chi connectivity index (χ0n) is 28.9. The standard InChI is InChI=1S/C46H35BN4/c1-3-5-21-33-30-18-13-23-34-38(30)40-39(35(48-34)22-6-4-2)45-41-46(42(40)49-33)51-37-25-10-8-15-27(37)29-17-12-20-32(44(29)51)47(41)31-19-11-16-28-26-14-7-9-24-36(26)50(45)43(28)31/h7-20,23-25H,3-6,21-22H2,1-2H3. The maximum atomic E-state index is 5.85. The summed E-state index contributed by atoms with van der Waals surface area (Å²) in [6, 6.07) is 38.8. The predicted octanol–water partition coefficient (Wildman–Crippen LogP) is 9.40. The second kappa shape index (κ2) is 9.98. The third kappa shape index (κ3) is 3.33. The van der Waals surface area contributed by atoms with Gasteiger partial charge in [0, 0.05) is 59.8 Å². The number of unbranched alkanes of at least 4 members (excludes halogenated alkanes) is 2. The molecule has 0 bridgehead atoms. The molecule has 0 saturated carbocycles. The molecule has 4 aromatic heterocycles. The molecule has 0 saturated heterocycles. The van der Waals surface area contributed by atoms with Crippen molar-refractivity contribution < 1.29 is 0 Å². The fourth-order valence-corrected chi connectivity index (χ4v) is 10.2. The van der Waals surface area contributed by atoms with Crippen molar-refractivity contribution in [1.29, 1.82) is 0 Å². The SMILES string of the molecule is CCCCc1nc2c3c4c(c5c(CCCC)nc6cccc1c6c25)-n1c2ccccc2c2cccc(c21)B4c1cccc2c4ccccc4n-3c12. The van der Waals surface area contributed by atoms with Gasteiger partial charge >= 0.3 is 0 Å². The highest BCUT2D eigenvalue weighted by Gasteiger charge is 2.43. The van der Waals surface area contributed by atoms with Crippen molar-refractivity contribution in [2.75, 3.05) is 0 Å². The van der Waals surface area contributed by atoms with E-state index in [1.807, 2.05) is 0 Å². The molecule has 5 heteroatoms. The summed E-state index contributed by atoms with van der Waals surface area (Å²) in [4.78, 5) is 11.5. The van der Waals surface area contributed by atoms with Gasteiger partial charge in [0.1, 0.15) is 0 Å². The number of pyridine rings is 2. The average molecular weight is 655 g/mol. The number of hydrogen-bond acceptors (Lipinski definition) is 2. The van der Waals surface area contributed by atoms with Crippen LogP contribution in [0, 0.1) is 0 Å². The quantitative estimate of drug-likeness (QED) is 0.132. The highest BCUT2D eigenvalue weighted by molar-refractivity contribution is 7.00. The first-order valence-corrected chi connectivity index (χ1v) is 18.9. The van der Waals surface area contributed by atoms with Crippen molar-refractivity contribution in [3.8, 4) is 11.4 Å². The average Bonchev–Trinajstić information content (AvgIpc) is 3.69. The number of nitrogens with zero attached hydrogens (tertiary/aromatic N) is 4. The predicted molar refractivity (Wildman–Crippen MR) is 216 cm³/mol. The smallest absolute Gasteiger partial charge is 0.252 e. The van der Waals surface area contributed by atoms with Crippen LogP contribution in [-0.4, -0.2) is 25.8 Å². The second-order valence-corrected chi connectivity index (χ2v) is 14.9. The number of aryl methyl sites for hydroxylation is 2. The maximum absolute atomic E-state index is 5.85. The van der Waals surface area contributed by atoms with E-state index in [0.29, 0.717) is 0 Å². The molecule has 0 amide bonds.